The normalized spacial score (nSPS) is 12.2. The third-order valence-electron chi connectivity index (χ3n) is 6.22. The monoisotopic (exact) mass is 636 g/mol. The maximum absolute atomic E-state index is 12.7. The van der Waals surface area contributed by atoms with Gasteiger partial charge in [0.05, 0.1) is 26.4 Å². The van der Waals surface area contributed by atoms with Gasteiger partial charge in [0.2, 0.25) is 0 Å². The number of hydrogen-bond donors (Lipinski definition) is 0. The van der Waals surface area contributed by atoms with Gasteiger partial charge in [-0.05, 0) is 73.2 Å². The fourth-order valence-electron chi connectivity index (χ4n) is 3.70. The van der Waals surface area contributed by atoms with E-state index in [1.807, 2.05) is 0 Å². The van der Waals surface area contributed by atoms with E-state index >= 15 is 0 Å². The number of hydrogen-bond acceptors (Lipinski definition) is 8. The molecule has 0 heterocycles. The molecule has 0 saturated carbocycles. The summed E-state index contributed by atoms with van der Waals surface area (Å²) in [5.74, 6) is 2.24. The molecule has 0 fully saturated rings. The van der Waals surface area contributed by atoms with Crippen LogP contribution in [0.5, 0.6) is 23.0 Å². The lowest BCUT2D eigenvalue weighted by Gasteiger charge is -2.13. The molecule has 2 aromatic carbocycles. The highest BCUT2D eigenvalue weighted by Gasteiger charge is 2.18. The molecule has 0 unspecified atom stereocenters. The van der Waals surface area contributed by atoms with Crippen LogP contribution in [0.25, 0.3) is 12.2 Å². The van der Waals surface area contributed by atoms with Crippen LogP contribution in [-0.4, -0.2) is 48.3 Å². The Hall–Kier alpha value is -2.98. The Bertz CT molecular complexity index is 1270. The summed E-state index contributed by atoms with van der Waals surface area (Å²) in [6, 6.07) is 10.3. The van der Waals surface area contributed by atoms with E-state index in [0.29, 0.717) is 60.6 Å². The van der Waals surface area contributed by atoms with E-state index in [1.165, 1.54) is 12.2 Å². The van der Waals surface area contributed by atoms with E-state index in [1.54, 1.807) is 36.4 Å². The predicted octanol–water partition coefficient (Wildman–Crippen LogP) is 7.83. The molecule has 0 saturated heterocycles. The first kappa shape index (κ1) is 36.2. The van der Waals surface area contributed by atoms with Gasteiger partial charge in [0, 0.05) is 10.8 Å². The molecule has 43 heavy (non-hydrogen) atoms. The third-order valence-corrected chi connectivity index (χ3v) is 9.95. The Morgan fingerprint density at radius 3 is 1.16 bits per heavy atom. The van der Waals surface area contributed by atoms with E-state index in [2.05, 4.69) is 27.7 Å². The summed E-state index contributed by atoms with van der Waals surface area (Å²) < 4.78 is 74.4. The molecule has 0 bridgehead atoms. The Balaban J connectivity index is 2.15. The molecule has 0 aliphatic carbocycles. The Kier molecular flexibility index (Phi) is 16.3. The zero-order valence-electron chi connectivity index (χ0n) is 26.0. The molecular formula is C33H48O8S2. The molecule has 10 heteroatoms. The van der Waals surface area contributed by atoms with E-state index in [-0.39, 0.29) is 0 Å². The first-order valence-corrected chi connectivity index (χ1v) is 18.7. The van der Waals surface area contributed by atoms with Gasteiger partial charge in [-0.2, -0.15) is 0 Å². The first-order valence-electron chi connectivity index (χ1n) is 15.2. The summed E-state index contributed by atoms with van der Waals surface area (Å²) >= 11 is 0. The second-order valence-corrected chi connectivity index (χ2v) is 14.4. The smallest absolute Gasteiger partial charge is 0.186 e. The number of unbranched alkanes of at least 4 members (excludes halogenated alkanes) is 4. The van der Waals surface area contributed by atoms with Crippen LogP contribution in [-0.2, 0) is 19.7 Å². The van der Waals surface area contributed by atoms with Gasteiger partial charge in [-0.25, -0.2) is 16.8 Å². The van der Waals surface area contributed by atoms with Crippen molar-refractivity contribution in [1.82, 2.24) is 0 Å². The lowest BCUT2D eigenvalue weighted by molar-refractivity contribution is 0.262. The van der Waals surface area contributed by atoms with Gasteiger partial charge >= 0.3 is 0 Å². The van der Waals surface area contributed by atoms with Crippen molar-refractivity contribution in [1.29, 1.82) is 0 Å². The molecule has 0 aliphatic heterocycles. The summed E-state index contributed by atoms with van der Waals surface area (Å²) in [6.07, 6.45) is 10.2. The highest BCUT2D eigenvalue weighted by Crippen LogP contribution is 2.31. The molecule has 2 aromatic rings. The SMILES string of the molecule is CCCCOc1ccc(/C=C/S(=O)(=O)CS(=O)(=O)/C=C/c2ccc(OCCCC)c(OCCCC)c2)cc1OCCCC. The quantitative estimate of drug-likeness (QED) is 0.120. The van der Waals surface area contributed by atoms with Crippen molar-refractivity contribution < 1.29 is 35.8 Å². The van der Waals surface area contributed by atoms with Gasteiger partial charge in [0.1, 0.15) is 0 Å². The predicted molar refractivity (Wildman–Crippen MR) is 175 cm³/mol. The van der Waals surface area contributed by atoms with E-state index < -0.39 is 24.8 Å². The van der Waals surface area contributed by atoms with Crippen molar-refractivity contribution in [2.45, 2.75) is 79.1 Å². The van der Waals surface area contributed by atoms with Gasteiger partial charge in [0.25, 0.3) is 0 Å². The number of rotatable bonds is 22. The lowest BCUT2D eigenvalue weighted by Crippen LogP contribution is -2.11. The molecule has 240 valence electrons. The minimum absolute atomic E-state index is 0.512. The summed E-state index contributed by atoms with van der Waals surface area (Å²) in [6.45, 7) is 10.4. The average Bonchev–Trinajstić information content (AvgIpc) is 2.97. The van der Waals surface area contributed by atoms with Crippen molar-refractivity contribution in [3.05, 3.63) is 58.3 Å². The summed E-state index contributed by atoms with van der Waals surface area (Å²) in [5.41, 5.74) is 1.12. The summed E-state index contributed by atoms with van der Waals surface area (Å²) in [7, 11) is -8.16. The standard InChI is InChI=1S/C33H48O8S2/c1-5-9-19-38-30-15-13-28(25-32(30)40-21-11-7-3)17-23-42(34,35)27-43(36,37)24-18-29-14-16-31(39-20-10-6-2)33(26-29)41-22-12-8-4/h13-18,23-26H,5-12,19-22,27H2,1-4H3/b23-17+,24-18+. The number of ether oxygens (including phenoxy) is 4. The highest BCUT2D eigenvalue weighted by atomic mass is 32.3. The molecule has 0 N–H and O–H groups in total. The third kappa shape index (κ3) is 14.4. The van der Waals surface area contributed by atoms with Crippen molar-refractivity contribution in [3.8, 4) is 23.0 Å². The Morgan fingerprint density at radius 1 is 0.512 bits per heavy atom. The fourth-order valence-corrected chi connectivity index (χ4v) is 6.89. The topological polar surface area (TPSA) is 105 Å². The van der Waals surface area contributed by atoms with Crippen LogP contribution in [0.4, 0.5) is 0 Å². The number of benzene rings is 2. The van der Waals surface area contributed by atoms with Crippen LogP contribution < -0.4 is 18.9 Å². The van der Waals surface area contributed by atoms with Gasteiger partial charge < -0.3 is 18.9 Å². The fraction of sp³-hybridized carbons (Fsp3) is 0.515. The summed E-state index contributed by atoms with van der Waals surface area (Å²) in [5, 5.41) is 0.787. The highest BCUT2D eigenvalue weighted by molar-refractivity contribution is 8.10. The van der Waals surface area contributed by atoms with Gasteiger partial charge in [-0.1, -0.05) is 65.5 Å². The van der Waals surface area contributed by atoms with E-state index in [4.69, 9.17) is 18.9 Å². The van der Waals surface area contributed by atoms with E-state index in [0.717, 1.165) is 62.2 Å². The first-order chi connectivity index (χ1) is 20.6. The zero-order valence-corrected chi connectivity index (χ0v) is 27.7. The zero-order chi connectivity index (χ0) is 31.6. The number of sulfone groups is 2. The molecule has 0 amide bonds. The molecule has 0 atom stereocenters. The van der Waals surface area contributed by atoms with Crippen LogP contribution in [0.3, 0.4) is 0 Å². The Morgan fingerprint density at radius 2 is 0.837 bits per heavy atom. The van der Waals surface area contributed by atoms with Gasteiger partial charge in [-0.15, -0.1) is 0 Å². The molecular weight excluding hydrogens is 588 g/mol. The molecule has 0 radical (unpaired) electrons. The van der Waals surface area contributed by atoms with Crippen molar-refractivity contribution in [3.63, 3.8) is 0 Å². The largest absolute Gasteiger partial charge is 0.490 e. The Labute approximate surface area is 258 Å². The summed E-state index contributed by atoms with van der Waals surface area (Å²) in [4.78, 5) is 0. The molecule has 2 rings (SSSR count). The van der Waals surface area contributed by atoms with Crippen LogP contribution in [0.2, 0.25) is 0 Å². The second-order valence-electron chi connectivity index (χ2n) is 10.3. The molecule has 0 aliphatic rings. The van der Waals surface area contributed by atoms with Crippen molar-refractivity contribution >= 4 is 31.8 Å². The maximum atomic E-state index is 12.7. The molecule has 0 spiro atoms. The van der Waals surface area contributed by atoms with Gasteiger partial charge in [-0.3, -0.25) is 0 Å². The molecule has 0 aromatic heterocycles. The maximum Gasteiger partial charge on any atom is 0.186 e. The van der Waals surface area contributed by atoms with Crippen LogP contribution in [0, 0.1) is 0 Å². The van der Waals surface area contributed by atoms with Crippen LogP contribution >= 0.6 is 0 Å². The average molecular weight is 637 g/mol. The van der Waals surface area contributed by atoms with Crippen LogP contribution in [0.15, 0.2) is 47.2 Å². The lowest BCUT2D eigenvalue weighted by atomic mass is 10.2. The van der Waals surface area contributed by atoms with Crippen molar-refractivity contribution in [2.75, 3.05) is 31.5 Å². The molecule has 8 nitrogen and oxygen atoms in total. The minimum Gasteiger partial charge on any atom is -0.490 e. The van der Waals surface area contributed by atoms with Gasteiger partial charge in [0.15, 0.2) is 47.8 Å². The van der Waals surface area contributed by atoms with Crippen LogP contribution in [0.1, 0.15) is 90.2 Å². The van der Waals surface area contributed by atoms with E-state index in [9.17, 15) is 16.8 Å². The second kappa shape index (κ2) is 19.3. The minimum atomic E-state index is -4.08. The van der Waals surface area contributed by atoms with Crippen molar-refractivity contribution in [2.24, 2.45) is 0 Å².